The first-order chi connectivity index (χ1) is 10.1. The molecule has 0 saturated heterocycles. The Morgan fingerprint density at radius 1 is 1.48 bits per heavy atom. The van der Waals surface area contributed by atoms with Crippen LogP contribution in [0.5, 0.6) is 0 Å². The predicted molar refractivity (Wildman–Crippen MR) is 88.0 cm³/mol. The highest BCUT2D eigenvalue weighted by molar-refractivity contribution is 7.10. The van der Waals surface area contributed by atoms with Gasteiger partial charge in [-0.05, 0) is 48.1 Å². The highest BCUT2D eigenvalue weighted by Crippen LogP contribution is 2.36. The number of nitrogen functional groups attached to an aromatic ring is 1. The first kappa shape index (κ1) is 14.4. The lowest BCUT2D eigenvalue weighted by atomic mass is 9.96. The van der Waals surface area contributed by atoms with Crippen LogP contribution < -0.4 is 5.73 Å². The zero-order valence-corrected chi connectivity index (χ0v) is 13.4. The maximum atomic E-state index is 12.8. The molecule has 0 fully saturated rings. The Balaban J connectivity index is 1.94. The van der Waals surface area contributed by atoms with Gasteiger partial charge in [-0.1, -0.05) is 18.5 Å². The summed E-state index contributed by atoms with van der Waals surface area (Å²) < 4.78 is 0. The lowest BCUT2D eigenvalue weighted by molar-refractivity contribution is 0.0658. The van der Waals surface area contributed by atoms with Crippen LogP contribution in [0.15, 0.2) is 29.6 Å². The van der Waals surface area contributed by atoms with E-state index in [1.807, 2.05) is 4.90 Å². The van der Waals surface area contributed by atoms with Crippen LogP contribution in [0.3, 0.4) is 0 Å². The summed E-state index contributed by atoms with van der Waals surface area (Å²) in [6, 6.07) is 7.35. The predicted octanol–water partition coefficient (Wildman–Crippen LogP) is 4.13. The molecule has 2 aromatic rings. The first-order valence-electron chi connectivity index (χ1n) is 7.04. The Morgan fingerprint density at radius 2 is 2.29 bits per heavy atom. The van der Waals surface area contributed by atoms with Crippen LogP contribution in [0, 0.1) is 0 Å². The Bertz CT molecular complexity index is 683. The molecule has 21 heavy (non-hydrogen) atoms. The number of amides is 1. The van der Waals surface area contributed by atoms with Crippen molar-refractivity contribution in [2.75, 3.05) is 12.3 Å². The molecule has 1 atom stereocenters. The number of benzene rings is 1. The second-order valence-corrected chi connectivity index (χ2v) is 6.64. The summed E-state index contributed by atoms with van der Waals surface area (Å²) in [7, 11) is 0. The fourth-order valence-corrected chi connectivity index (χ4v) is 4.07. The minimum atomic E-state index is -0.00660. The maximum Gasteiger partial charge on any atom is 0.256 e. The second kappa shape index (κ2) is 5.70. The molecule has 1 aromatic heterocycles. The molecule has 3 rings (SSSR count). The van der Waals surface area contributed by atoms with E-state index in [1.54, 1.807) is 29.5 Å². The molecule has 1 unspecified atom stereocenters. The zero-order valence-electron chi connectivity index (χ0n) is 11.8. The average Bonchev–Trinajstić information content (AvgIpc) is 2.94. The van der Waals surface area contributed by atoms with Crippen molar-refractivity contribution in [1.82, 2.24) is 4.90 Å². The SMILES string of the molecule is CCC1c2ccsc2CCN1C(=O)c1ccc(Cl)cc1N. The van der Waals surface area contributed by atoms with Crippen LogP contribution in [-0.4, -0.2) is 17.4 Å². The van der Waals surface area contributed by atoms with E-state index in [2.05, 4.69) is 18.4 Å². The van der Waals surface area contributed by atoms with Crippen molar-refractivity contribution >= 4 is 34.5 Å². The maximum absolute atomic E-state index is 12.8. The van der Waals surface area contributed by atoms with Crippen molar-refractivity contribution < 1.29 is 4.79 Å². The first-order valence-corrected chi connectivity index (χ1v) is 8.29. The molecule has 110 valence electrons. The summed E-state index contributed by atoms with van der Waals surface area (Å²) in [6.45, 7) is 2.86. The van der Waals surface area contributed by atoms with Gasteiger partial charge >= 0.3 is 0 Å². The number of fused-ring (bicyclic) bond motifs is 1. The van der Waals surface area contributed by atoms with E-state index >= 15 is 0 Å². The van der Waals surface area contributed by atoms with Gasteiger partial charge in [0.2, 0.25) is 0 Å². The van der Waals surface area contributed by atoms with Gasteiger partial charge in [-0.3, -0.25) is 4.79 Å². The smallest absolute Gasteiger partial charge is 0.256 e. The molecule has 2 N–H and O–H groups in total. The highest BCUT2D eigenvalue weighted by atomic mass is 35.5. The Morgan fingerprint density at radius 3 is 3.00 bits per heavy atom. The van der Waals surface area contributed by atoms with Crippen LogP contribution in [0.2, 0.25) is 5.02 Å². The van der Waals surface area contributed by atoms with Gasteiger partial charge in [0.1, 0.15) is 0 Å². The number of hydrogen-bond acceptors (Lipinski definition) is 3. The number of rotatable bonds is 2. The number of carbonyl (C=O) groups excluding carboxylic acids is 1. The van der Waals surface area contributed by atoms with Crippen molar-refractivity contribution in [1.29, 1.82) is 0 Å². The van der Waals surface area contributed by atoms with Crippen molar-refractivity contribution in [3.8, 4) is 0 Å². The fourth-order valence-electron chi connectivity index (χ4n) is 2.96. The lowest BCUT2D eigenvalue weighted by Crippen LogP contribution is -2.39. The molecule has 1 aliphatic rings. The minimum absolute atomic E-state index is 0.00660. The summed E-state index contributed by atoms with van der Waals surface area (Å²) in [4.78, 5) is 16.2. The molecule has 1 aliphatic heterocycles. The summed E-state index contributed by atoms with van der Waals surface area (Å²) in [6.07, 6.45) is 1.83. The molecule has 1 amide bonds. The van der Waals surface area contributed by atoms with Gasteiger partial charge in [0.15, 0.2) is 0 Å². The number of halogens is 1. The van der Waals surface area contributed by atoms with Gasteiger partial charge in [0.05, 0.1) is 11.6 Å². The largest absolute Gasteiger partial charge is 0.398 e. The number of nitrogens with two attached hydrogens (primary N) is 1. The molecule has 5 heteroatoms. The summed E-state index contributed by atoms with van der Waals surface area (Å²) in [5, 5.41) is 2.66. The standard InChI is InChI=1S/C16H17ClN2OS/c1-2-14-12-6-8-21-15(12)5-7-19(14)16(20)11-4-3-10(17)9-13(11)18/h3-4,6,8-9,14H,2,5,7,18H2,1H3. The molecular formula is C16H17ClN2OS. The monoisotopic (exact) mass is 320 g/mol. The average molecular weight is 321 g/mol. The van der Waals surface area contributed by atoms with E-state index < -0.39 is 0 Å². The molecule has 2 heterocycles. The third-order valence-corrected chi connectivity index (χ3v) is 5.22. The van der Waals surface area contributed by atoms with Crippen molar-refractivity contribution in [2.45, 2.75) is 25.8 Å². The summed E-state index contributed by atoms with van der Waals surface area (Å²) >= 11 is 7.69. The van der Waals surface area contributed by atoms with E-state index in [9.17, 15) is 4.79 Å². The van der Waals surface area contributed by atoms with E-state index in [0.29, 0.717) is 16.3 Å². The van der Waals surface area contributed by atoms with Gasteiger partial charge in [-0.25, -0.2) is 0 Å². The van der Waals surface area contributed by atoms with Crippen molar-refractivity contribution in [2.24, 2.45) is 0 Å². The molecule has 0 radical (unpaired) electrons. The van der Waals surface area contributed by atoms with E-state index in [4.69, 9.17) is 17.3 Å². The van der Waals surface area contributed by atoms with E-state index in [-0.39, 0.29) is 11.9 Å². The number of thiophene rings is 1. The molecule has 0 saturated carbocycles. The van der Waals surface area contributed by atoms with Crippen LogP contribution in [0.25, 0.3) is 0 Å². The fraction of sp³-hybridized carbons (Fsp3) is 0.312. The lowest BCUT2D eigenvalue weighted by Gasteiger charge is -2.35. The van der Waals surface area contributed by atoms with Crippen LogP contribution >= 0.6 is 22.9 Å². The van der Waals surface area contributed by atoms with Gasteiger partial charge < -0.3 is 10.6 Å². The Hall–Kier alpha value is -1.52. The molecule has 3 nitrogen and oxygen atoms in total. The topological polar surface area (TPSA) is 46.3 Å². The van der Waals surface area contributed by atoms with E-state index in [0.717, 1.165) is 19.4 Å². The minimum Gasteiger partial charge on any atom is -0.398 e. The third kappa shape index (κ3) is 2.54. The Labute approximate surface area is 133 Å². The normalized spacial score (nSPS) is 17.6. The summed E-state index contributed by atoms with van der Waals surface area (Å²) in [5.41, 5.74) is 8.23. The van der Waals surface area contributed by atoms with Crippen LogP contribution in [0.4, 0.5) is 5.69 Å². The van der Waals surface area contributed by atoms with Crippen molar-refractivity contribution in [3.05, 3.63) is 50.7 Å². The quantitative estimate of drug-likeness (QED) is 0.845. The number of hydrogen-bond donors (Lipinski definition) is 1. The van der Waals surface area contributed by atoms with Gasteiger partial charge in [0.25, 0.3) is 5.91 Å². The second-order valence-electron chi connectivity index (χ2n) is 5.20. The third-order valence-electron chi connectivity index (χ3n) is 3.99. The summed E-state index contributed by atoms with van der Waals surface area (Å²) in [5.74, 6) is -0.00660. The Kier molecular flexibility index (Phi) is 3.91. The number of anilines is 1. The van der Waals surface area contributed by atoms with Crippen molar-refractivity contribution in [3.63, 3.8) is 0 Å². The van der Waals surface area contributed by atoms with Gasteiger partial charge in [0, 0.05) is 22.1 Å². The molecular weight excluding hydrogens is 304 g/mol. The zero-order chi connectivity index (χ0) is 15.0. The van der Waals surface area contributed by atoms with E-state index in [1.165, 1.54) is 10.4 Å². The highest BCUT2D eigenvalue weighted by Gasteiger charge is 2.31. The number of carbonyl (C=O) groups is 1. The number of nitrogens with zero attached hydrogens (tertiary/aromatic N) is 1. The van der Waals surface area contributed by atoms with Crippen LogP contribution in [-0.2, 0) is 6.42 Å². The molecule has 0 aliphatic carbocycles. The molecule has 0 spiro atoms. The molecule has 0 bridgehead atoms. The van der Waals surface area contributed by atoms with Crippen LogP contribution in [0.1, 0.15) is 40.2 Å². The van der Waals surface area contributed by atoms with Gasteiger partial charge in [-0.2, -0.15) is 0 Å². The van der Waals surface area contributed by atoms with Gasteiger partial charge in [-0.15, -0.1) is 11.3 Å². The molecule has 1 aromatic carbocycles.